The zero-order chi connectivity index (χ0) is 12.9. The predicted octanol–water partition coefficient (Wildman–Crippen LogP) is 2.51. The van der Waals surface area contributed by atoms with Crippen LogP contribution in [0.2, 0.25) is 0 Å². The quantitative estimate of drug-likeness (QED) is 0.795. The molecule has 0 radical (unpaired) electrons. The van der Waals surface area contributed by atoms with Gasteiger partial charge < -0.3 is 10.4 Å². The van der Waals surface area contributed by atoms with E-state index in [1.807, 2.05) is 0 Å². The third kappa shape index (κ3) is 1.55. The van der Waals surface area contributed by atoms with Gasteiger partial charge in [-0.2, -0.15) is 0 Å². The van der Waals surface area contributed by atoms with Crippen molar-refractivity contribution < 1.29 is 9.90 Å². The van der Waals surface area contributed by atoms with E-state index in [-0.39, 0.29) is 10.8 Å². The average molecular weight is 239 g/mol. The summed E-state index contributed by atoms with van der Waals surface area (Å²) in [6.45, 7) is 10.5. The van der Waals surface area contributed by atoms with Gasteiger partial charge in [-0.3, -0.25) is 4.79 Å². The molecule has 98 valence electrons. The Morgan fingerprint density at radius 1 is 1.41 bits per heavy atom. The van der Waals surface area contributed by atoms with Crippen molar-refractivity contribution in [3.63, 3.8) is 0 Å². The summed E-state index contributed by atoms with van der Waals surface area (Å²) in [5.74, 6) is 0.0132. The minimum absolute atomic E-state index is 0.207. The fourth-order valence-corrected chi connectivity index (χ4v) is 4.16. The number of rotatable bonds is 3. The second kappa shape index (κ2) is 3.71. The summed E-state index contributed by atoms with van der Waals surface area (Å²) in [7, 11) is 0. The topological polar surface area (TPSA) is 49.3 Å². The second-order valence-corrected chi connectivity index (χ2v) is 6.72. The van der Waals surface area contributed by atoms with Gasteiger partial charge in [-0.15, -0.1) is 0 Å². The molecule has 0 aromatic rings. The summed E-state index contributed by atoms with van der Waals surface area (Å²) in [4.78, 5) is 11.7. The van der Waals surface area contributed by atoms with Gasteiger partial charge in [-0.25, -0.2) is 0 Å². The number of aliphatic carboxylic acids is 1. The molecular weight excluding hydrogens is 214 g/mol. The molecule has 2 N–H and O–H groups in total. The third-order valence-corrected chi connectivity index (χ3v) is 5.85. The van der Waals surface area contributed by atoms with Crippen LogP contribution in [0.25, 0.3) is 0 Å². The Labute approximate surface area is 104 Å². The van der Waals surface area contributed by atoms with Gasteiger partial charge >= 0.3 is 5.97 Å². The van der Waals surface area contributed by atoms with Crippen LogP contribution in [-0.2, 0) is 4.79 Å². The fraction of sp³-hybridized carbons (Fsp3) is 0.929. The lowest BCUT2D eigenvalue weighted by atomic mass is 9.69. The first-order chi connectivity index (χ1) is 7.82. The van der Waals surface area contributed by atoms with Crippen LogP contribution in [0.1, 0.15) is 47.0 Å². The van der Waals surface area contributed by atoms with Crippen molar-refractivity contribution in [3.05, 3.63) is 0 Å². The Hall–Kier alpha value is -0.570. The maximum absolute atomic E-state index is 11.7. The number of hydrogen-bond acceptors (Lipinski definition) is 2. The molecule has 0 bridgehead atoms. The Morgan fingerprint density at radius 3 is 2.41 bits per heavy atom. The molecule has 0 amide bonds. The Kier molecular flexibility index (Phi) is 2.81. The van der Waals surface area contributed by atoms with E-state index in [4.69, 9.17) is 0 Å². The highest BCUT2D eigenvalue weighted by Crippen LogP contribution is 2.73. The normalized spacial score (nSPS) is 43.6. The standard InChI is InChI=1S/C14H25NO2/c1-5-6-13(11(16)17)7-14(9-15-8-13)10(2)12(14,3)4/h10,15H,5-9H2,1-4H3,(H,16,17)/t10?,13-,14+/m1/s1. The first-order valence-corrected chi connectivity index (χ1v) is 6.76. The van der Waals surface area contributed by atoms with E-state index in [9.17, 15) is 9.90 Å². The molecule has 1 aliphatic carbocycles. The lowest BCUT2D eigenvalue weighted by Crippen LogP contribution is -2.51. The number of hydrogen-bond donors (Lipinski definition) is 2. The van der Waals surface area contributed by atoms with Gasteiger partial charge in [0.2, 0.25) is 0 Å². The van der Waals surface area contributed by atoms with E-state index >= 15 is 0 Å². The first-order valence-electron chi connectivity index (χ1n) is 6.76. The van der Waals surface area contributed by atoms with Crippen molar-refractivity contribution in [2.75, 3.05) is 13.1 Å². The van der Waals surface area contributed by atoms with Crippen LogP contribution in [0.5, 0.6) is 0 Å². The number of nitrogens with one attached hydrogen (secondary N) is 1. The molecule has 1 unspecified atom stereocenters. The van der Waals surface area contributed by atoms with Crippen LogP contribution in [0.4, 0.5) is 0 Å². The summed E-state index contributed by atoms with van der Waals surface area (Å²) < 4.78 is 0. The molecule has 2 aliphatic rings. The predicted molar refractivity (Wildman–Crippen MR) is 67.8 cm³/mol. The smallest absolute Gasteiger partial charge is 0.310 e. The van der Waals surface area contributed by atoms with Gasteiger partial charge in [0, 0.05) is 13.1 Å². The van der Waals surface area contributed by atoms with Crippen molar-refractivity contribution >= 4 is 5.97 Å². The molecule has 1 saturated carbocycles. The molecule has 0 aromatic heterocycles. The molecule has 1 saturated heterocycles. The average Bonchev–Trinajstić information content (AvgIpc) is 2.64. The largest absolute Gasteiger partial charge is 0.481 e. The van der Waals surface area contributed by atoms with Crippen LogP contribution in [0, 0.1) is 22.2 Å². The first kappa shape index (κ1) is 12.9. The van der Waals surface area contributed by atoms with E-state index in [1.165, 1.54) is 0 Å². The molecule has 3 atom stereocenters. The lowest BCUT2D eigenvalue weighted by Gasteiger charge is -2.40. The van der Waals surface area contributed by atoms with Gasteiger partial charge in [0.05, 0.1) is 5.41 Å². The molecule has 0 aromatic carbocycles. The fourth-order valence-electron chi connectivity index (χ4n) is 4.16. The SMILES string of the molecule is CCC[C@]1(C(=O)O)CNC[C@@]2(C1)C(C)C2(C)C. The molecule has 1 aliphatic heterocycles. The van der Waals surface area contributed by atoms with Gasteiger partial charge in [0.1, 0.15) is 0 Å². The van der Waals surface area contributed by atoms with Crippen molar-refractivity contribution in [2.45, 2.75) is 47.0 Å². The van der Waals surface area contributed by atoms with Crippen molar-refractivity contribution in [3.8, 4) is 0 Å². The van der Waals surface area contributed by atoms with E-state index in [0.29, 0.717) is 12.5 Å². The van der Waals surface area contributed by atoms with E-state index in [0.717, 1.165) is 25.8 Å². The highest BCUT2D eigenvalue weighted by Gasteiger charge is 2.71. The molecule has 2 fully saturated rings. The van der Waals surface area contributed by atoms with Crippen LogP contribution < -0.4 is 5.32 Å². The van der Waals surface area contributed by atoms with Crippen LogP contribution >= 0.6 is 0 Å². The van der Waals surface area contributed by atoms with Crippen molar-refractivity contribution in [1.29, 1.82) is 0 Å². The van der Waals surface area contributed by atoms with Crippen molar-refractivity contribution in [2.24, 2.45) is 22.2 Å². The van der Waals surface area contributed by atoms with E-state index in [1.54, 1.807) is 0 Å². The highest BCUT2D eigenvalue weighted by atomic mass is 16.4. The summed E-state index contributed by atoms with van der Waals surface area (Å²) in [6.07, 6.45) is 2.59. The second-order valence-electron chi connectivity index (χ2n) is 6.72. The number of piperidine rings is 1. The van der Waals surface area contributed by atoms with Gasteiger partial charge in [-0.1, -0.05) is 34.1 Å². The molecule has 1 heterocycles. The van der Waals surface area contributed by atoms with E-state index < -0.39 is 11.4 Å². The number of carbonyl (C=O) groups is 1. The maximum Gasteiger partial charge on any atom is 0.310 e. The molecule has 3 nitrogen and oxygen atoms in total. The van der Waals surface area contributed by atoms with Crippen LogP contribution in [0.3, 0.4) is 0 Å². The minimum atomic E-state index is -0.610. The lowest BCUT2D eigenvalue weighted by molar-refractivity contribution is -0.152. The number of carboxylic acid groups (broad SMARTS) is 1. The van der Waals surface area contributed by atoms with Gasteiger partial charge in [0.25, 0.3) is 0 Å². The summed E-state index contributed by atoms with van der Waals surface area (Å²) >= 11 is 0. The third-order valence-electron chi connectivity index (χ3n) is 5.85. The van der Waals surface area contributed by atoms with Gasteiger partial charge in [0.15, 0.2) is 0 Å². The molecular formula is C14H25NO2. The zero-order valence-corrected chi connectivity index (χ0v) is 11.5. The Bertz CT molecular complexity index is 335. The minimum Gasteiger partial charge on any atom is -0.481 e. The monoisotopic (exact) mass is 239 g/mol. The summed E-state index contributed by atoms with van der Waals surface area (Å²) in [5, 5.41) is 13.0. The van der Waals surface area contributed by atoms with E-state index in [2.05, 4.69) is 33.0 Å². The summed E-state index contributed by atoms with van der Waals surface area (Å²) in [5.41, 5.74) is -0.0390. The molecule has 3 heteroatoms. The molecule has 1 spiro atoms. The van der Waals surface area contributed by atoms with Crippen LogP contribution in [-0.4, -0.2) is 24.2 Å². The van der Waals surface area contributed by atoms with Crippen LogP contribution in [0.15, 0.2) is 0 Å². The molecule has 2 rings (SSSR count). The van der Waals surface area contributed by atoms with Gasteiger partial charge in [-0.05, 0) is 29.6 Å². The number of carboxylic acids is 1. The maximum atomic E-state index is 11.7. The Balaban J connectivity index is 2.25. The summed E-state index contributed by atoms with van der Waals surface area (Å²) in [6, 6.07) is 0. The Morgan fingerprint density at radius 2 is 2.00 bits per heavy atom. The molecule has 17 heavy (non-hydrogen) atoms. The zero-order valence-electron chi connectivity index (χ0n) is 11.5. The highest BCUT2D eigenvalue weighted by molar-refractivity contribution is 5.75. The van der Waals surface area contributed by atoms with Crippen molar-refractivity contribution in [1.82, 2.24) is 5.32 Å².